The highest BCUT2D eigenvalue weighted by atomic mass is 32.2. The fraction of sp³-hybridized carbons (Fsp3) is 0.636. The van der Waals surface area contributed by atoms with Gasteiger partial charge in [-0.2, -0.15) is 0 Å². The second kappa shape index (κ2) is 5.38. The molecule has 1 unspecified atom stereocenters. The van der Waals surface area contributed by atoms with Crippen LogP contribution in [0.25, 0.3) is 0 Å². The fourth-order valence-electron chi connectivity index (χ4n) is 1.59. The van der Waals surface area contributed by atoms with E-state index in [-0.39, 0.29) is 0 Å². The highest BCUT2D eigenvalue weighted by Crippen LogP contribution is 2.22. The summed E-state index contributed by atoms with van der Waals surface area (Å²) in [5.41, 5.74) is 0.976. The van der Waals surface area contributed by atoms with Crippen molar-refractivity contribution in [3.8, 4) is 0 Å². The lowest BCUT2D eigenvalue weighted by atomic mass is 10.0. The Bertz CT molecular complexity index is 224. The van der Waals surface area contributed by atoms with Gasteiger partial charge < -0.3 is 0 Å². The predicted octanol–water partition coefficient (Wildman–Crippen LogP) is 3.16. The molecule has 0 saturated heterocycles. The van der Waals surface area contributed by atoms with Gasteiger partial charge in [-0.15, -0.1) is 0 Å². The zero-order valence-corrected chi connectivity index (χ0v) is 9.11. The molecular weight excluding hydrogens is 180 g/mol. The SMILES string of the molecule is C=C(C)/C=C/S(=O)C1CCCCC1. The summed E-state index contributed by atoms with van der Waals surface area (Å²) >= 11 is 0. The van der Waals surface area contributed by atoms with E-state index in [1.807, 2.05) is 13.0 Å². The minimum absolute atomic E-state index is 0.407. The van der Waals surface area contributed by atoms with Gasteiger partial charge in [-0.3, -0.25) is 4.21 Å². The van der Waals surface area contributed by atoms with Crippen LogP contribution < -0.4 is 0 Å². The summed E-state index contributed by atoms with van der Waals surface area (Å²) < 4.78 is 11.7. The molecule has 0 N–H and O–H groups in total. The molecule has 1 rings (SSSR count). The Morgan fingerprint density at radius 1 is 1.38 bits per heavy atom. The molecule has 0 spiro atoms. The maximum atomic E-state index is 11.7. The van der Waals surface area contributed by atoms with Gasteiger partial charge in [-0.25, -0.2) is 0 Å². The number of rotatable bonds is 3. The summed E-state index contributed by atoms with van der Waals surface area (Å²) in [5.74, 6) is 0. The molecule has 1 aliphatic rings. The molecule has 0 aliphatic heterocycles. The highest BCUT2D eigenvalue weighted by Gasteiger charge is 2.17. The van der Waals surface area contributed by atoms with Crippen molar-refractivity contribution in [2.45, 2.75) is 44.3 Å². The summed E-state index contributed by atoms with van der Waals surface area (Å²) in [7, 11) is -0.768. The molecule has 74 valence electrons. The zero-order chi connectivity index (χ0) is 9.68. The Balaban J connectivity index is 2.41. The fourth-order valence-corrected chi connectivity index (χ4v) is 2.98. The molecule has 1 saturated carbocycles. The van der Waals surface area contributed by atoms with E-state index < -0.39 is 10.8 Å². The largest absolute Gasteiger partial charge is 0.255 e. The average molecular weight is 198 g/mol. The lowest BCUT2D eigenvalue weighted by molar-refractivity contribution is 0.506. The van der Waals surface area contributed by atoms with Crippen molar-refractivity contribution >= 4 is 10.8 Å². The summed E-state index contributed by atoms with van der Waals surface area (Å²) in [5, 5.41) is 2.21. The number of hydrogen-bond donors (Lipinski definition) is 0. The van der Waals surface area contributed by atoms with Gasteiger partial charge in [0.1, 0.15) is 0 Å². The smallest absolute Gasteiger partial charge is 0.0487 e. The van der Waals surface area contributed by atoms with Crippen LogP contribution in [0.5, 0.6) is 0 Å². The van der Waals surface area contributed by atoms with E-state index in [0.717, 1.165) is 18.4 Å². The van der Waals surface area contributed by atoms with Crippen LogP contribution in [0.2, 0.25) is 0 Å². The first-order valence-corrected chi connectivity index (χ1v) is 6.21. The molecule has 0 amide bonds. The molecule has 1 fully saturated rings. The molecular formula is C11H18OS. The normalized spacial score (nSPS) is 21.9. The van der Waals surface area contributed by atoms with Crippen LogP contribution in [0.15, 0.2) is 23.6 Å². The van der Waals surface area contributed by atoms with Gasteiger partial charge in [0.15, 0.2) is 0 Å². The topological polar surface area (TPSA) is 17.1 Å². The Morgan fingerprint density at radius 3 is 2.54 bits per heavy atom. The van der Waals surface area contributed by atoms with Crippen molar-refractivity contribution in [2.75, 3.05) is 0 Å². The van der Waals surface area contributed by atoms with Gasteiger partial charge >= 0.3 is 0 Å². The van der Waals surface area contributed by atoms with Crippen molar-refractivity contribution in [3.63, 3.8) is 0 Å². The van der Waals surface area contributed by atoms with Crippen LogP contribution in [0, 0.1) is 0 Å². The maximum absolute atomic E-state index is 11.7. The van der Waals surface area contributed by atoms with Crippen molar-refractivity contribution in [3.05, 3.63) is 23.6 Å². The summed E-state index contributed by atoms with van der Waals surface area (Å²) in [6.45, 7) is 5.68. The first-order valence-electron chi connectivity index (χ1n) is 4.93. The minimum atomic E-state index is -0.768. The molecule has 2 heteroatoms. The lowest BCUT2D eigenvalue weighted by Gasteiger charge is -2.18. The molecule has 0 heterocycles. The van der Waals surface area contributed by atoms with Gasteiger partial charge in [0.05, 0.1) is 0 Å². The van der Waals surface area contributed by atoms with E-state index in [0.29, 0.717) is 5.25 Å². The zero-order valence-electron chi connectivity index (χ0n) is 8.29. The van der Waals surface area contributed by atoms with Crippen LogP contribution >= 0.6 is 0 Å². The van der Waals surface area contributed by atoms with E-state index >= 15 is 0 Å². The summed E-state index contributed by atoms with van der Waals surface area (Å²) in [4.78, 5) is 0. The maximum Gasteiger partial charge on any atom is 0.0487 e. The van der Waals surface area contributed by atoms with Gasteiger partial charge in [0, 0.05) is 21.5 Å². The Labute approximate surface area is 83.4 Å². The van der Waals surface area contributed by atoms with E-state index in [4.69, 9.17) is 0 Å². The Morgan fingerprint density at radius 2 is 2.00 bits per heavy atom. The quantitative estimate of drug-likeness (QED) is 0.637. The first kappa shape index (κ1) is 10.7. The van der Waals surface area contributed by atoms with Crippen molar-refractivity contribution in [2.24, 2.45) is 0 Å². The average Bonchev–Trinajstić information content (AvgIpc) is 2.15. The monoisotopic (exact) mass is 198 g/mol. The third-order valence-corrected chi connectivity index (χ3v) is 3.90. The van der Waals surface area contributed by atoms with Crippen molar-refractivity contribution in [1.29, 1.82) is 0 Å². The van der Waals surface area contributed by atoms with Crippen LogP contribution in [-0.2, 0) is 10.8 Å². The molecule has 1 nitrogen and oxygen atoms in total. The van der Waals surface area contributed by atoms with E-state index in [1.165, 1.54) is 19.3 Å². The van der Waals surface area contributed by atoms with Crippen LogP contribution in [0.4, 0.5) is 0 Å². The van der Waals surface area contributed by atoms with Gasteiger partial charge in [-0.05, 0) is 19.8 Å². The molecule has 0 aromatic carbocycles. The summed E-state index contributed by atoms with van der Waals surface area (Å²) in [6.07, 6.45) is 7.94. The second-order valence-electron chi connectivity index (χ2n) is 3.74. The van der Waals surface area contributed by atoms with Crippen LogP contribution in [0.3, 0.4) is 0 Å². The standard InChI is InChI=1S/C11H18OS/c1-10(2)8-9-13(12)11-6-4-3-5-7-11/h8-9,11H,1,3-7H2,2H3/b9-8+. The van der Waals surface area contributed by atoms with E-state index in [9.17, 15) is 4.21 Å². The van der Waals surface area contributed by atoms with E-state index in [2.05, 4.69) is 6.58 Å². The third kappa shape index (κ3) is 3.90. The Kier molecular flexibility index (Phi) is 4.43. The van der Waals surface area contributed by atoms with Crippen LogP contribution in [-0.4, -0.2) is 9.46 Å². The molecule has 1 aliphatic carbocycles. The molecule has 0 radical (unpaired) electrons. The molecule has 1 atom stereocenters. The molecule has 13 heavy (non-hydrogen) atoms. The highest BCUT2D eigenvalue weighted by molar-refractivity contribution is 7.88. The minimum Gasteiger partial charge on any atom is -0.255 e. The van der Waals surface area contributed by atoms with Crippen LogP contribution in [0.1, 0.15) is 39.0 Å². The second-order valence-corrected chi connectivity index (χ2v) is 5.33. The summed E-state index contributed by atoms with van der Waals surface area (Å²) in [6, 6.07) is 0. The molecule has 0 bridgehead atoms. The lowest BCUT2D eigenvalue weighted by Crippen LogP contribution is -2.16. The van der Waals surface area contributed by atoms with E-state index in [1.54, 1.807) is 5.41 Å². The molecule has 0 aromatic heterocycles. The van der Waals surface area contributed by atoms with Gasteiger partial charge in [-0.1, -0.05) is 37.5 Å². The first-order chi connectivity index (χ1) is 6.20. The van der Waals surface area contributed by atoms with Crippen molar-refractivity contribution in [1.82, 2.24) is 0 Å². The Hall–Kier alpha value is -0.370. The number of allylic oxidation sites excluding steroid dienone is 2. The third-order valence-electron chi connectivity index (χ3n) is 2.37. The number of hydrogen-bond acceptors (Lipinski definition) is 1. The van der Waals surface area contributed by atoms with Gasteiger partial charge in [0.25, 0.3) is 0 Å². The predicted molar refractivity (Wildman–Crippen MR) is 59.0 cm³/mol. The van der Waals surface area contributed by atoms with Gasteiger partial charge in [0.2, 0.25) is 0 Å². The molecule has 0 aromatic rings. The van der Waals surface area contributed by atoms with Crippen molar-refractivity contribution < 1.29 is 4.21 Å².